The summed E-state index contributed by atoms with van der Waals surface area (Å²) in [5, 5.41) is 3.21. The molecule has 1 aliphatic rings. The molecule has 1 unspecified atom stereocenters. The highest BCUT2D eigenvalue weighted by Crippen LogP contribution is 2.34. The zero-order valence-corrected chi connectivity index (χ0v) is 10.8. The van der Waals surface area contributed by atoms with Crippen LogP contribution >= 0.6 is 0 Å². The molecule has 0 aromatic heterocycles. The molecule has 0 aliphatic carbocycles. The fraction of sp³-hybridized carbons (Fsp3) is 0.188. The van der Waals surface area contributed by atoms with Crippen LogP contribution in [0.5, 0.6) is 0 Å². The third-order valence-corrected chi connectivity index (χ3v) is 3.16. The third kappa shape index (κ3) is 2.45. The van der Waals surface area contributed by atoms with Crippen molar-refractivity contribution in [2.45, 2.75) is 19.4 Å². The number of rotatable bonds is 2. The number of nitrogens with zero attached hydrogens (tertiary/aromatic N) is 1. The quantitative estimate of drug-likeness (QED) is 0.866. The highest BCUT2D eigenvalue weighted by atomic mass is 16.5. The smallest absolute Gasteiger partial charge is 0.295 e. The van der Waals surface area contributed by atoms with E-state index in [0.717, 1.165) is 23.4 Å². The van der Waals surface area contributed by atoms with Crippen LogP contribution < -0.4 is 5.32 Å². The molecular formula is C16H16N2O. The van der Waals surface area contributed by atoms with E-state index in [0.29, 0.717) is 6.02 Å². The summed E-state index contributed by atoms with van der Waals surface area (Å²) in [7, 11) is 0. The Kier molecular flexibility index (Phi) is 3.19. The van der Waals surface area contributed by atoms with Crippen molar-refractivity contribution in [3.63, 3.8) is 0 Å². The molecule has 1 heterocycles. The Morgan fingerprint density at radius 1 is 1.05 bits per heavy atom. The van der Waals surface area contributed by atoms with Gasteiger partial charge >= 0.3 is 0 Å². The molecule has 0 saturated carbocycles. The number of nitrogens with one attached hydrogen (secondary N) is 1. The minimum absolute atomic E-state index is 0.0694. The van der Waals surface area contributed by atoms with Crippen molar-refractivity contribution in [1.82, 2.24) is 0 Å². The van der Waals surface area contributed by atoms with Crippen LogP contribution in [-0.4, -0.2) is 6.02 Å². The molecule has 0 amide bonds. The standard InChI is InChI=1S/C16H16N2O/c1-2-15-13-10-6-7-11-14(13)18-16(19-15)17-12-8-4-3-5-9-12/h3-11,15H,2H2,1H3,(H,17,18). The molecule has 3 rings (SSSR count). The highest BCUT2D eigenvalue weighted by molar-refractivity contribution is 5.92. The predicted molar refractivity (Wildman–Crippen MR) is 77.7 cm³/mol. The van der Waals surface area contributed by atoms with Crippen molar-refractivity contribution in [3.05, 3.63) is 60.2 Å². The summed E-state index contributed by atoms with van der Waals surface area (Å²) in [5.74, 6) is 0. The first-order chi connectivity index (χ1) is 9.36. The average molecular weight is 252 g/mol. The number of hydrogen-bond acceptors (Lipinski definition) is 3. The van der Waals surface area contributed by atoms with Crippen LogP contribution in [0.1, 0.15) is 25.0 Å². The third-order valence-electron chi connectivity index (χ3n) is 3.16. The summed E-state index contributed by atoms with van der Waals surface area (Å²) in [6.07, 6.45) is 0.992. The van der Waals surface area contributed by atoms with Crippen LogP contribution in [0.4, 0.5) is 11.4 Å². The second-order valence-corrected chi connectivity index (χ2v) is 4.48. The lowest BCUT2D eigenvalue weighted by Crippen LogP contribution is -2.22. The molecule has 2 aromatic carbocycles. The second-order valence-electron chi connectivity index (χ2n) is 4.48. The molecule has 3 nitrogen and oxygen atoms in total. The van der Waals surface area contributed by atoms with Gasteiger partial charge in [0.25, 0.3) is 6.02 Å². The number of aliphatic imine (C=N–C) groups is 1. The number of ether oxygens (including phenoxy) is 1. The number of anilines is 1. The number of para-hydroxylation sites is 2. The summed E-state index contributed by atoms with van der Waals surface area (Å²) in [6, 6.07) is 18.6. The molecule has 1 atom stereocenters. The molecule has 0 radical (unpaired) electrons. The molecule has 2 aromatic rings. The van der Waals surface area contributed by atoms with Gasteiger partial charge in [-0.2, -0.15) is 4.99 Å². The van der Waals surface area contributed by atoms with Crippen molar-refractivity contribution in [2.75, 3.05) is 5.32 Å². The Balaban J connectivity index is 1.90. The highest BCUT2D eigenvalue weighted by Gasteiger charge is 2.21. The largest absolute Gasteiger partial charge is 0.457 e. The summed E-state index contributed by atoms with van der Waals surface area (Å²) in [6.45, 7) is 2.12. The van der Waals surface area contributed by atoms with Crippen molar-refractivity contribution in [1.29, 1.82) is 0 Å². The zero-order chi connectivity index (χ0) is 13.1. The van der Waals surface area contributed by atoms with Crippen LogP contribution in [0.15, 0.2) is 59.6 Å². The van der Waals surface area contributed by atoms with Gasteiger partial charge in [0.05, 0.1) is 5.69 Å². The van der Waals surface area contributed by atoms with Gasteiger partial charge in [0.1, 0.15) is 6.10 Å². The summed E-state index contributed by atoms with van der Waals surface area (Å²) >= 11 is 0. The van der Waals surface area contributed by atoms with E-state index in [-0.39, 0.29) is 6.10 Å². The normalized spacial score (nSPS) is 17.1. The Labute approximate surface area is 113 Å². The second kappa shape index (κ2) is 5.14. The molecule has 96 valence electrons. The fourth-order valence-electron chi connectivity index (χ4n) is 2.20. The average Bonchev–Trinajstić information content (AvgIpc) is 2.47. The monoisotopic (exact) mass is 252 g/mol. The number of fused-ring (bicyclic) bond motifs is 1. The van der Waals surface area contributed by atoms with E-state index >= 15 is 0 Å². The van der Waals surface area contributed by atoms with E-state index in [2.05, 4.69) is 23.3 Å². The molecule has 1 aliphatic heterocycles. The van der Waals surface area contributed by atoms with Gasteiger partial charge in [-0.1, -0.05) is 43.3 Å². The molecule has 0 bridgehead atoms. The molecule has 1 N–H and O–H groups in total. The van der Waals surface area contributed by atoms with E-state index < -0.39 is 0 Å². The Bertz CT molecular complexity index is 593. The Morgan fingerprint density at radius 2 is 1.79 bits per heavy atom. The summed E-state index contributed by atoms with van der Waals surface area (Å²) in [5.41, 5.74) is 3.12. The molecule has 3 heteroatoms. The van der Waals surface area contributed by atoms with Gasteiger partial charge in [-0.05, 0) is 24.6 Å². The maximum absolute atomic E-state index is 5.90. The van der Waals surface area contributed by atoms with Gasteiger partial charge in [0, 0.05) is 11.3 Å². The van der Waals surface area contributed by atoms with Gasteiger partial charge in [-0.25, -0.2) is 0 Å². The summed E-state index contributed by atoms with van der Waals surface area (Å²) in [4.78, 5) is 4.52. The molecule has 0 fully saturated rings. The van der Waals surface area contributed by atoms with E-state index in [4.69, 9.17) is 4.74 Å². The Morgan fingerprint density at radius 3 is 2.58 bits per heavy atom. The van der Waals surface area contributed by atoms with Gasteiger partial charge in [-0.3, -0.25) is 0 Å². The zero-order valence-electron chi connectivity index (χ0n) is 10.8. The lowest BCUT2D eigenvalue weighted by molar-refractivity contribution is 0.182. The minimum Gasteiger partial charge on any atom is -0.457 e. The molecule has 0 saturated heterocycles. The van der Waals surface area contributed by atoms with Gasteiger partial charge in [0.2, 0.25) is 0 Å². The lowest BCUT2D eigenvalue weighted by Gasteiger charge is -2.25. The number of benzene rings is 2. The van der Waals surface area contributed by atoms with Crippen LogP contribution in [0.25, 0.3) is 0 Å². The predicted octanol–water partition coefficient (Wildman–Crippen LogP) is 4.27. The first-order valence-corrected chi connectivity index (χ1v) is 6.53. The van der Waals surface area contributed by atoms with Crippen molar-refractivity contribution < 1.29 is 4.74 Å². The van der Waals surface area contributed by atoms with E-state index in [9.17, 15) is 0 Å². The SMILES string of the molecule is CCC1OC(Nc2ccccc2)=Nc2ccccc21. The maximum Gasteiger partial charge on any atom is 0.295 e. The van der Waals surface area contributed by atoms with Gasteiger partial charge in [0.15, 0.2) is 0 Å². The first-order valence-electron chi connectivity index (χ1n) is 6.53. The number of hydrogen-bond donors (Lipinski definition) is 1. The lowest BCUT2D eigenvalue weighted by atomic mass is 10.0. The maximum atomic E-state index is 5.90. The van der Waals surface area contributed by atoms with Crippen molar-refractivity contribution in [3.8, 4) is 0 Å². The van der Waals surface area contributed by atoms with Crippen LogP contribution in [0.3, 0.4) is 0 Å². The van der Waals surface area contributed by atoms with E-state index in [1.807, 2.05) is 48.5 Å². The topological polar surface area (TPSA) is 33.6 Å². The molecule has 19 heavy (non-hydrogen) atoms. The summed E-state index contributed by atoms with van der Waals surface area (Å²) < 4.78 is 5.90. The molecular weight excluding hydrogens is 236 g/mol. The Hall–Kier alpha value is -2.29. The fourth-order valence-corrected chi connectivity index (χ4v) is 2.20. The van der Waals surface area contributed by atoms with E-state index in [1.54, 1.807) is 0 Å². The van der Waals surface area contributed by atoms with Gasteiger partial charge in [-0.15, -0.1) is 0 Å². The van der Waals surface area contributed by atoms with Crippen molar-refractivity contribution >= 4 is 17.4 Å². The van der Waals surface area contributed by atoms with Crippen LogP contribution in [-0.2, 0) is 4.74 Å². The van der Waals surface area contributed by atoms with Gasteiger partial charge < -0.3 is 10.1 Å². The van der Waals surface area contributed by atoms with E-state index in [1.165, 1.54) is 0 Å². The van der Waals surface area contributed by atoms with Crippen LogP contribution in [0, 0.1) is 0 Å². The van der Waals surface area contributed by atoms with Crippen molar-refractivity contribution in [2.24, 2.45) is 4.99 Å². The number of amidine groups is 1. The first kappa shape index (κ1) is 11.8. The molecule has 0 spiro atoms. The van der Waals surface area contributed by atoms with Crippen LogP contribution in [0.2, 0.25) is 0 Å². The minimum atomic E-state index is 0.0694.